The first-order valence-corrected chi connectivity index (χ1v) is 4.38. The van der Waals surface area contributed by atoms with Gasteiger partial charge in [0.1, 0.15) is 0 Å². The second kappa shape index (κ2) is 4.34. The Labute approximate surface area is 80.3 Å². The Morgan fingerprint density at radius 1 is 1.57 bits per heavy atom. The van der Waals surface area contributed by atoms with Crippen LogP contribution in [0.4, 0.5) is 13.6 Å². The SMILES string of the molecule is CC1CN(CCC(F)F)C(=O)NC1=O. The molecule has 1 atom stereocenters. The lowest BCUT2D eigenvalue weighted by Crippen LogP contribution is -2.53. The first-order valence-electron chi connectivity index (χ1n) is 4.38. The molecule has 6 heteroatoms. The highest BCUT2D eigenvalue weighted by Gasteiger charge is 2.28. The molecule has 4 nitrogen and oxygen atoms in total. The van der Waals surface area contributed by atoms with E-state index in [4.69, 9.17) is 0 Å². The molecule has 0 bridgehead atoms. The maximum Gasteiger partial charge on any atom is 0.324 e. The molecule has 0 radical (unpaired) electrons. The van der Waals surface area contributed by atoms with Crippen molar-refractivity contribution in [1.29, 1.82) is 0 Å². The monoisotopic (exact) mass is 206 g/mol. The number of amides is 3. The minimum absolute atomic E-state index is 0.0128. The minimum Gasteiger partial charge on any atom is -0.323 e. The lowest BCUT2D eigenvalue weighted by molar-refractivity contribution is -0.125. The molecule has 1 aliphatic heterocycles. The summed E-state index contributed by atoms with van der Waals surface area (Å²) in [7, 11) is 0. The van der Waals surface area contributed by atoms with Gasteiger partial charge in [-0.25, -0.2) is 13.6 Å². The Morgan fingerprint density at radius 2 is 2.21 bits per heavy atom. The summed E-state index contributed by atoms with van der Waals surface area (Å²) in [4.78, 5) is 23.3. The molecule has 1 rings (SSSR count). The Morgan fingerprint density at radius 3 is 2.79 bits per heavy atom. The fraction of sp³-hybridized carbons (Fsp3) is 0.750. The molecule has 0 spiro atoms. The number of carbonyl (C=O) groups is 2. The second-order valence-corrected chi connectivity index (χ2v) is 3.32. The normalized spacial score (nSPS) is 22.9. The highest BCUT2D eigenvalue weighted by atomic mass is 19.3. The molecule has 3 amide bonds. The Bertz CT molecular complexity index is 245. The summed E-state index contributed by atoms with van der Waals surface area (Å²) in [6.07, 6.45) is -2.77. The molecule has 0 aromatic carbocycles. The van der Waals surface area contributed by atoms with Crippen molar-refractivity contribution in [2.24, 2.45) is 5.92 Å². The summed E-state index contributed by atoms with van der Waals surface area (Å²) < 4.78 is 23.7. The van der Waals surface area contributed by atoms with Gasteiger partial charge in [-0.05, 0) is 0 Å². The standard InChI is InChI=1S/C8H12F2N2O2/c1-5-4-12(3-2-6(9)10)8(14)11-7(5)13/h5-6H,2-4H2,1H3,(H,11,13,14). The van der Waals surface area contributed by atoms with Crippen molar-refractivity contribution >= 4 is 11.9 Å². The topological polar surface area (TPSA) is 49.4 Å². The van der Waals surface area contributed by atoms with E-state index in [-0.39, 0.29) is 31.3 Å². The van der Waals surface area contributed by atoms with Crippen molar-refractivity contribution in [2.75, 3.05) is 13.1 Å². The van der Waals surface area contributed by atoms with Gasteiger partial charge in [0.15, 0.2) is 0 Å². The van der Waals surface area contributed by atoms with Crippen LogP contribution in [0.5, 0.6) is 0 Å². The van der Waals surface area contributed by atoms with Crippen molar-refractivity contribution in [3.05, 3.63) is 0 Å². The summed E-state index contributed by atoms with van der Waals surface area (Å²) in [6.45, 7) is 1.86. The highest BCUT2D eigenvalue weighted by molar-refractivity contribution is 5.97. The number of imide groups is 1. The quantitative estimate of drug-likeness (QED) is 0.743. The molecule has 0 aromatic heterocycles. The molecule has 1 saturated heterocycles. The third-order valence-corrected chi connectivity index (χ3v) is 2.08. The molecule has 1 heterocycles. The number of nitrogens with zero attached hydrogens (tertiary/aromatic N) is 1. The smallest absolute Gasteiger partial charge is 0.323 e. The summed E-state index contributed by atoms with van der Waals surface area (Å²) in [5, 5.41) is 2.11. The predicted molar refractivity (Wildman–Crippen MR) is 44.9 cm³/mol. The van der Waals surface area contributed by atoms with Crippen LogP contribution in [0.3, 0.4) is 0 Å². The first-order chi connectivity index (χ1) is 6.50. The van der Waals surface area contributed by atoms with Crippen LogP contribution in [-0.2, 0) is 4.79 Å². The van der Waals surface area contributed by atoms with E-state index in [1.807, 2.05) is 0 Å². The van der Waals surface area contributed by atoms with Crippen molar-refractivity contribution < 1.29 is 18.4 Å². The van der Waals surface area contributed by atoms with Crippen molar-refractivity contribution in [3.8, 4) is 0 Å². The van der Waals surface area contributed by atoms with Gasteiger partial charge in [0.25, 0.3) is 0 Å². The lowest BCUT2D eigenvalue weighted by Gasteiger charge is -2.30. The summed E-state index contributed by atoms with van der Waals surface area (Å²) in [5.74, 6) is -0.673. The number of hydrogen-bond donors (Lipinski definition) is 1. The third-order valence-electron chi connectivity index (χ3n) is 2.08. The molecule has 0 saturated carbocycles. The largest absolute Gasteiger partial charge is 0.324 e. The van der Waals surface area contributed by atoms with E-state index in [9.17, 15) is 18.4 Å². The van der Waals surface area contributed by atoms with Gasteiger partial charge < -0.3 is 4.90 Å². The maximum atomic E-state index is 11.9. The summed E-state index contributed by atoms with van der Waals surface area (Å²) in [5.41, 5.74) is 0. The van der Waals surface area contributed by atoms with Crippen molar-refractivity contribution in [1.82, 2.24) is 10.2 Å². The average Bonchev–Trinajstić information content (AvgIpc) is 2.09. The van der Waals surface area contributed by atoms with Crippen LogP contribution in [0.25, 0.3) is 0 Å². The van der Waals surface area contributed by atoms with E-state index in [2.05, 4.69) is 5.32 Å². The molecule has 0 aromatic rings. The number of rotatable bonds is 3. The molecule has 1 fully saturated rings. The van der Waals surface area contributed by atoms with Crippen molar-refractivity contribution in [3.63, 3.8) is 0 Å². The lowest BCUT2D eigenvalue weighted by atomic mass is 10.1. The third kappa shape index (κ3) is 2.65. The Kier molecular flexibility index (Phi) is 3.38. The first kappa shape index (κ1) is 10.9. The molecule has 1 N–H and O–H groups in total. The summed E-state index contributed by atoms with van der Waals surface area (Å²) >= 11 is 0. The maximum absolute atomic E-state index is 11.9. The zero-order valence-corrected chi connectivity index (χ0v) is 7.80. The molecule has 0 aliphatic carbocycles. The minimum atomic E-state index is -2.42. The van der Waals surface area contributed by atoms with E-state index >= 15 is 0 Å². The van der Waals surface area contributed by atoms with E-state index in [1.54, 1.807) is 6.92 Å². The fourth-order valence-corrected chi connectivity index (χ4v) is 1.25. The van der Waals surface area contributed by atoms with Gasteiger partial charge in [0.05, 0.1) is 5.92 Å². The van der Waals surface area contributed by atoms with Crippen LogP contribution >= 0.6 is 0 Å². The van der Waals surface area contributed by atoms with E-state index in [1.165, 1.54) is 4.90 Å². The Balaban J connectivity index is 2.45. The number of alkyl halides is 2. The van der Waals surface area contributed by atoms with Gasteiger partial charge in [-0.1, -0.05) is 6.92 Å². The van der Waals surface area contributed by atoms with Gasteiger partial charge in [-0.3, -0.25) is 10.1 Å². The molecule has 1 aliphatic rings. The van der Waals surface area contributed by atoms with Crippen LogP contribution in [0.1, 0.15) is 13.3 Å². The zero-order valence-electron chi connectivity index (χ0n) is 7.80. The number of halogens is 2. The van der Waals surface area contributed by atoms with Gasteiger partial charge >= 0.3 is 6.03 Å². The van der Waals surface area contributed by atoms with Gasteiger partial charge in [0.2, 0.25) is 12.3 Å². The zero-order chi connectivity index (χ0) is 10.7. The summed E-state index contributed by atoms with van der Waals surface area (Å²) in [6, 6.07) is -0.575. The van der Waals surface area contributed by atoms with Gasteiger partial charge in [0, 0.05) is 19.5 Å². The molecular formula is C8H12F2N2O2. The average molecular weight is 206 g/mol. The van der Waals surface area contributed by atoms with Crippen molar-refractivity contribution in [2.45, 2.75) is 19.8 Å². The Hall–Kier alpha value is -1.20. The predicted octanol–water partition coefficient (Wildman–Crippen LogP) is 0.829. The van der Waals surface area contributed by atoms with Gasteiger partial charge in [-0.2, -0.15) is 0 Å². The van der Waals surface area contributed by atoms with Gasteiger partial charge in [-0.15, -0.1) is 0 Å². The number of urea groups is 1. The molecule has 80 valence electrons. The fourth-order valence-electron chi connectivity index (χ4n) is 1.25. The second-order valence-electron chi connectivity index (χ2n) is 3.32. The number of carbonyl (C=O) groups excluding carboxylic acids is 2. The van der Waals surface area contributed by atoms with Crippen LogP contribution in [0.2, 0.25) is 0 Å². The van der Waals surface area contributed by atoms with E-state index in [0.29, 0.717) is 0 Å². The molecule has 1 unspecified atom stereocenters. The van der Waals surface area contributed by atoms with Crippen LogP contribution < -0.4 is 5.32 Å². The van der Waals surface area contributed by atoms with E-state index in [0.717, 1.165) is 0 Å². The highest BCUT2D eigenvalue weighted by Crippen LogP contribution is 2.09. The molecular weight excluding hydrogens is 194 g/mol. The number of hydrogen-bond acceptors (Lipinski definition) is 2. The van der Waals surface area contributed by atoms with E-state index < -0.39 is 12.5 Å². The van der Waals surface area contributed by atoms with Crippen LogP contribution in [-0.4, -0.2) is 36.4 Å². The van der Waals surface area contributed by atoms with Crippen LogP contribution in [0, 0.1) is 5.92 Å². The number of nitrogens with one attached hydrogen (secondary N) is 1. The molecule has 14 heavy (non-hydrogen) atoms. The van der Waals surface area contributed by atoms with Crippen LogP contribution in [0.15, 0.2) is 0 Å².